The molecule has 2 heterocycles. The van der Waals surface area contributed by atoms with E-state index in [2.05, 4.69) is 10.2 Å². The number of esters is 1. The van der Waals surface area contributed by atoms with Gasteiger partial charge in [0.1, 0.15) is 12.4 Å². The van der Waals surface area contributed by atoms with E-state index in [9.17, 15) is 9.59 Å². The second-order valence-electron chi connectivity index (χ2n) is 7.63. The first-order valence-corrected chi connectivity index (χ1v) is 10.4. The smallest absolute Gasteiger partial charge is 0.338 e. The Bertz CT molecular complexity index is 946. The van der Waals surface area contributed by atoms with Gasteiger partial charge in [0.25, 0.3) is 5.91 Å². The van der Waals surface area contributed by atoms with Gasteiger partial charge in [0.05, 0.1) is 5.57 Å². The highest BCUT2D eigenvalue weighted by Crippen LogP contribution is 2.26. The fraction of sp³-hybridized carbons (Fsp3) is 0.333. The molecule has 30 heavy (non-hydrogen) atoms. The summed E-state index contributed by atoms with van der Waals surface area (Å²) in [6, 6.07) is 15.3. The normalized spacial score (nSPS) is 16.6. The molecule has 6 heteroatoms. The Morgan fingerprint density at radius 2 is 1.77 bits per heavy atom. The molecule has 1 fully saturated rings. The number of carbonyl (C=O) groups is 2. The third kappa shape index (κ3) is 4.64. The fourth-order valence-corrected chi connectivity index (χ4v) is 3.68. The van der Waals surface area contributed by atoms with Crippen molar-refractivity contribution in [2.45, 2.75) is 32.3 Å². The molecule has 1 atom stereocenters. The van der Waals surface area contributed by atoms with E-state index in [4.69, 9.17) is 9.47 Å². The van der Waals surface area contributed by atoms with Crippen LogP contribution in [0.25, 0.3) is 6.08 Å². The average molecular weight is 406 g/mol. The van der Waals surface area contributed by atoms with Crippen LogP contribution in [0.4, 0.5) is 11.4 Å². The molecule has 0 spiro atoms. The van der Waals surface area contributed by atoms with Crippen molar-refractivity contribution in [3.05, 3.63) is 59.7 Å². The number of benzene rings is 2. The second-order valence-corrected chi connectivity index (χ2v) is 7.63. The van der Waals surface area contributed by atoms with Gasteiger partial charge in [-0.15, -0.1) is 0 Å². The van der Waals surface area contributed by atoms with E-state index in [1.165, 1.54) is 19.3 Å². The predicted molar refractivity (Wildman–Crippen MR) is 117 cm³/mol. The first-order chi connectivity index (χ1) is 14.6. The Hall–Kier alpha value is -3.28. The van der Waals surface area contributed by atoms with E-state index in [1.54, 1.807) is 13.0 Å². The summed E-state index contributed by atoms with van der Waals surface area (Å²) in [6.45, 7) is 3.83. The van der Waals surface area contributed by atoms with Gasteiger partial charge in [-0.2, -0.15) is 0 Å². The summed E-state index contributed by atoms with van der Waals surface area (Å²) in [6.07, 6.45) is 4.54. The van der Waals surface area contributed by atoms with E-state index in [1.807, 2.05) is 48.5 Å². The van der Waals surface area contributed by atoms with E-state index in [0.717, 1.165) is 30.1 Å². The lowest BCUT2D eigenvalue weighted by Crippen LogP contribution is -2.31. The van der Waals surface area contributed by atoms with Gasteiger partial charge in [0.15, 0.2) is 6.10 Å². The van der Waals surface area contributed by atoms with Crippen LogP contribution in [0.5, 0.6) is 5.75 Å². The van der Waals surface area contributed by atoms with Crippen molar-refractivity contribution in [2.24, 2.45) is 0 Å². The van der Waals surface area contributed by atoms with E-state index in [-0.39, 0.29) is 12.5 Å². The topological polar surface area (TPSA) is 67.9 Å². The lowest BCUT2D eigenvalue weighted by atomic mass is 10.1. The van der Waals surface area contributed by atoms with Gasteiger partial charge in [-0.25, -0.2) is 4.79 Å². The molecular formula is C24H26N2O4. The highest BCUT2D eigenvalue weighted by molar-refractivity contribution is 5.99. The zero-order valence-electron chi connectivity index (χ0n) is 17.1. The van der Waals surface area contributed by atoms with Gasteiger partial charge in [-0.05, 0) is 62.6 Å². The molecule has 156 valence electrons. The Balaban J connectivity index is 1.32. The summed E-state index contributed by atoms with van der Waals surface area (Å²) >= 11 is 0. The van der Waals surface area contributed by atoms with Crippen molar-refractivity contribution < 1.29 is 19.1 Å². The molecule has 1 N–H and O–H groups in total. The first kappa shape index (κ1) is 20.0. The Kier molecular flexibility index (Phi) is 6.02. The molecule has 2 aliphatic heterocycles. The summed E-state index contributed by atoms with van der Waals surface area (Å²) in [5, 5.41) is 2.81. The maximum atomic E-state index is 12.5. The van der Waals surface area contributed by atoms with Crippen LogP contribution in [-0.4, -0.2) is 37.7 Å². The van der Waals surface area contributed by atoms with Gasteiger partial charge >= 0.3 is 5.97 Å². The summed E-state index contributed by atoms with van der Waals surface area (Å²) in [4.78, 5) is 27.3. The van der Waals surface area contributed by atoms with Crippen molar-refractivity contribution in [3.63, 3.8) is 0 Å². The standard InChI is InChI=1S/C24H26N2O4/c1-17(30-24(28)19-15-18-7-3-4-8-22(18)29-16-19)23(27)25-20-9-11-21(12-10-20)26-13-5-2-6-14-26/h3-4,7-12,15,17H,2,5-6,13-14,16H2,1H3,(H,25,27)/t17-/m0/s1. The minimum absolute atomic E-state index is 0.127. The van der Waals surface area contributed by atoms with Crippen LogP contribution in [0.2, 0.25) is 0 Å². The number of nitrogens with one attached hydrogen (secondary N) is 1. The number of carbonyl (C=O) groups excluding carboxylic acids is 2. The molecule has 2 aromatic carbocycles. The van der Waals surface area contributed by atoms with Gasteiger partial charge in [0, 0.05) is 30.0 Å². The number of hydrogen-bond acceptors (Lipinski definition) is 5. The van der Waals surface area contributed by atoms with Gasteiger partial charge in [0.2, 0.25) is 0 Å². The number of ether oxygens (including phenoxy) is 2. The third-order valence-electron chi connectivity index (χ3n) is 5.40. The monoisotopic (exact) mass is 406 g/mol. The number of piperidine rings is 1. The zero-order chi connectivity index (χ0) is 20.9. The largest absolute Gasteiger partial charge is 0.488 e. The summed E-state index contributed by atoms with van der Waals surface area (Å²) in [5.74, 6) is -0.188. The number of amides is 1. The maximum absolute atomic E-state index is 12.5. The molecule has 0 aromatic heterocycles. The Morgan fingerprint density at radius 3 is 2.53 bits per heavy atom. The van der Waals surface area contributed by atoms with Crippen molar-refractivity contribution in [1.82, 2.24) is 0 Å². The quantitative estimate of drug-likeness (QED) is 0.760. The lowest BCUT2D eigenvalue weighted by molar-refractivity contribution is -0.149. The number of nitrogens with zero attached hydrogens (tertiary/aromatic N) is 1. The van der Waals surface area contributed by atoms with Crippen LogP contribution in [0, 0.1) is 0 Å². The van der Waals surface area contributed by atoms with Crippen LogP contribution in [0.15, 0.2) is 54.1 Å². The molecule has 0 radical (unpaired) electrons. The molecule has 1 saturated heterocycles. The molecule has 0 unspecified atom stereocenters. The zero-order valence-corrected chi connectivity index (χ0v) is 17.1. The molecule has 4 rings (SSSR count). The van der Waals surface area contributed by atoms with Crippen LogP contribution < -0.4 is 15.0 Å². The molecule has 0 saturated carbocycles. The van der Waals surface area contributed by atoms with Gasteiger partial charge < -0.3 is 19.7 Å². The summed E-state index contributed by atoms with van der Waals surface area (Å²) < 4.78 is 10.9. The number of anilines is 2. The van der Waals surface area contributed by atoms with Crippen LogP contribution in [0.3, 0.4) is 0 Å². The van der Waals surface area contributed by atoms with Crippen LogP contribution in [0.1, 0.15) is 31.7 Å². The van der Waals surface area contributed by atoms with E-state index in [0.29, 0.717) is 11.3 Å². The van der Waals surface area contributed by atoms with Crippen molar-refractivity contribution in [1.29, 1.82) is 0 Å². The Labute approximate surface area is 176 Å². The highest BCUT2D eigenvalue weighted by atomic mass is 16.6. The van der Waals surface area contributed by atoms with Gasteiger partial charge in [-0.3, -0.25) is 4.79 Å². The Morgan fingerprint density at radius 1 is 1.03 bits per heavy atom. The van der Waals surface area contributed by atoms with Crippen molar-refractivity contribution in [3.8, 4) is 5.75 Å². The molecule has 6 nitrogen and oxygen atoms in total. The summed E-state index contributed by atoms with van der Waals surface area (Å²) in [5.41, 5.74) is 3.05. The number of hydrogen-bond donors (Lipinski definition) is 1. The first-order valence-electron chi connectivity index (χ1n) is 10.4. The van der Waals surface area contributed by atoms with Gasteiger partial charge in [-0.1, -0.05) is 18.2 Å². The fourth-order valence-electron chi connectivity index (χ4n) is 3.68. The van der Waals surface area contributed by atoms with E-state index >= 15 is 0 Å². The number of para-hydroxylation sites is 1. The highest BCUT2D eigenvalue weighted by Gasteiger charge is 2.23. The SMILES string of the molecule is C[C@H](OC(=O)C1=Cc2ccccc2OC1)C(=O)Nc1ccc(N2CCCCC2)cc1. The van der Waals surface area contributed by atoms with Crippen LogP contribution >= 0.6 is 0 Å². The van der Waals surface area contributed by atoms with Crippen molar-refractivity contribution in [2.75, 3.05) is 29.9 Å². The second kappa shape index (κ2) is 9.03. The molecule has 0 aliphatic carbocycles. The third-order valence-corrected chi connectivity index (χ3v) is 5.40. The maximum Gasteiger partial charge on any atom is 0.338 e. The lowest BCUT2D eigenvalue weighted by Gasteiger charge is -2.28. The number of fused-ring (bicyclic) bond motifs is 1. The van der Waals surface area contributed by atoms with Crippen LogP contribution in [-0.2, 0) is 14.3 Å². The van der Waals surface area contributed by atoms with Crippen molar-refractivity contribution >= 4 is 29.3 Å². The average Bonchev–Trinajstić information content (AvgIpc) is 2.79. The minimum atomic E-state index is -0.919. The summed E-state index contributed by atoms with van der Waals surface area (Å²) in [7, 11) is 0. The predicted octanol–water partition coefficient (Wildman–Crippen LogP) is 4.02. The van der Waals surface area contributed by atoms with E-state index < -0.39 is 12.1 Å². The molecule has 0 bridgehead atoms. The number of rotatable bonds is 5. The minimum Gasteiger partial charge on any atom is -0.488 e. The molecular weight excluding hydrogens is 380 g/mol. The molecule has 2 aromatic rings. The molecule has 2 aliphatic rings. The molecule has 1 amide bonds.